The molecule has 0 bridgehead atoms. The van der Waals surface area contributed by atoms with Gasteiger partial charge in [0.1, 0.15) is 10.5 Å². The molecule has 0 aliphatic carbocycles. The van der Waals surface area contributed by atoms with Gasteiger partial charge in [0, 0.05) is 10.4 Å². The molecule has 0 spiro atoms. The van der Waals surface area contributed by atoms with Gasteiger partial charge in [0.05, 0.1) is 10.7 Å². The van der Waals surface area contributed by atoms with Gasteiger partial charge in [0.15, 0.2) is 0 Å². The minimum Gasteiger partial charge on any atom is -0.456 e. The van der Waals surface area contributed by atoms with E-state index in [0.29, 0.717) is 15.6 Å². The lowest BCUT2D eigenvalue weighted by atomic mass is 10.1. The number of thiophene rings is 1. The summed E-state index contributed by atoms with van der Waals surface area (Å²) in [5.74, 6) is -0.403. The van der Waals surface area contributed by atoms with Crippen molar-refractivity contribution in [3.8, 4) is 10.4 Å². The number of ether oxygens (including phenoxy) is 1. The van der Waals surface area contributed by atoms with Crippen LogP contribution in [0, 0.1) is 6.92 Å². The number of nitrogen functional groups attached to an aromatic ring is 1. The van der Waals surface area contributed by atoms with Crippen LogP contribution in [0.2, 0.25) is 5.02 Å². The molecule has 0 aliphatic heterocycles. The van der Waals surface area contributed by atoms with Gasteiger partial charge < -0.3 is 10.5 Å². The number of hydrogen-bond acceptors (Lipinski definition) is 4. The second-order valence-electron chi connectivity index (χ2n) is 5.83. The second-order valence-corrected chi connectivity index (χ2v) is 7.26. The Hall–Kier alpha value is -1.52. The van der Waals surface area contributed by atoms with E-state index in [-0.39, 0.29) is 0 Å². The monoisotopic (exact) mass is 323 g/mol. The van der Waals surface area contributed by atoms with Crippen molar-refractivity contribution in [3.63, 3.8) is 0 Å². The molecule has 2 aromatic rings. The van der Waals surface area contributed by atoms with E-state index in [4.69, 9.17) is 22.1 Å². The molecule has 0 radical (unpaired) electrons. The molecular formula is C16H18ClNO2S. The third kappa shape index (κ3) is 3.57. The minimum absolute atomic E-state index is 0.403. The van der Waals surface area contributed by atoms with Crippen molar-refractivity contribution in [1.82, 2.24) is 0 Å². The van der Waals surface area contributed by atoms with E-state index in [1.165, 1.54) is 11.3 Å². The zero-order valence-electron chi connectivity index (χ0n) is 12.5. The lowest BCUT2D eigenvalue weighted by Crippen LogP contribution is -2.23. The molecule has 1 heterocycles. The van der Waals surface area contributed by atoms with Crippen molar-refractivity contribution in [2.45, 2.75) is 33.3 Å². The van der Waals surface area contributed by atoms with E-state index in [1.54, 1.807) is 6.07 Å². The summed E-state index contributed by atoms with van der Waals surface area (Å²) in [6, 6.07) is 7.56. The number of halogens is 1. The van der Waals surface area contributed by atoms with E-state index in [0.717, 1.165) is 16.0 Å². The number of carbonyl (C=O) groups excluding carboxylic acids is 1. The molecule has 21 heavy (non-hydrogen) atoms. The van der Waals surface area contributed by atoms with Gasteiger partial charge in [-0.15, -0.1) is 11.3 Å². The maximum Gasteiger partial charge on any atom is 0.350 e. The molecule has 0 saturated carbocycles. The number of aryl methyl sites for hydroxylation is 1. The van der Waals surface area contributed by atoms with Crippen molar-refractivity contribution < 1.29 is 9.53 Å². The highest BCUT2D eigenvalue weighted by molar-refractivity contribution is 7.18. The zero-order valence-corrected chi connectivity index (χ0v) is 14.1. The Morgan fingerprint density at radius 1 is 1.33 bits per heavy atom. The molecule has 3 nitrogen and oxygen atoms in total. The fourth-order valence-corrected chi connectivity index (χ4v) is 3.13. The molecule has 5 heteroatoms. The first-order chi connectivity index (χ1) is 9.69. The molecule has 2 N–H and O–H groups in total. The van der Waals surface area contributed by atoms with Crippen LogP contribution < -0.4 is 5.73 Å². The molecule has 0 fully saturated rings. The first-order valence-electron chi connectivity index (χ1n) is 6.57. The molecule has 0 atom stereocenters. The van der Waals surface area contributed by atoms with E-state index in [2.05, 4.69) is 0 Å². The maximum atomic E-state index is 12.2. The third-order valence-corrected chi connectivity index (χ3v) is 4.47. The van der Waals surface area contributed by atoms with Gasteiger partial charge in [-0.2, -0.15) is 0 Å². The predicted molar refractivity (Wildman–Crippen MR) is 89.1 cm³/mol. The first kappa shape index (κ1) is 15.9. The van der Waals surface area contributed by atoms with E-state index >= 15 is 0 Å². The van der Waals surface area contributed by atoms with Crippen LogP contribution in [-0.2, 0) is 4.74 Å². The van der Waals surface area contributed by atoms with Crippen LogP contribution >= 0.6 is 22.9 Å². The lowest BCUT2D eigenvalue weighted by molar-refractivity contribution is 0.00764. The van der Waals surface area contributed by atoms with Crippen LogP contribution in [0.25, 0.3) is 10.4 Å². The normalized spacial score (nSPS) is 11.5. The highest BCUT2D eigenvalue weighted by Gasteiger charge is 2.23. The highest BCUT2D eigenvalue weighted by Crippen LogP contribution is 2.38. The van der Waals surface area contributed by atoms with Gasteiger partial charge in [-0.3, -0.25) is 0 Å². The lowest BCUT2D eigenvalue weighted by Gasteiger charge is -2.18. The minimum atomic E-state index is -0.547. The Balaban J connectivity index is 2.40. The highest BCUT2D eigenvalue weighted by atomic mass is 35.5. The predicted octanol–water partition coefficient (Wildman–Crippen LogP) is 4.91. The van der Waals surface area contributed by atoms with Crippen molar-refractivity contribution in [2.24, 2.45) is 0 Å². The second kappa shape index (κ2) is 5.70. The molecule has 0 amide bonds. The number of rotatable bonds is 2. The Kier molecular flexibility index (Phi) is 4.30. The van der Waals surface area contributed by atoms with Crippen molar-refractivity contribution in [1.29, 1.82) is 0 Å². The van der Waals surface area contributed by atoms with E-state index < -0.39 is 11.6 Å². The van der Waals surface area contributed by atoms with Crippen LogP contribution in [0.15, 0.2) is 24.3 Å². The molecule has 0 aliphatic rings. The van der Waals surface area contributed by atoms with Crippen molar-refractivity contribution in [2.75, 3.05) is 5.73 Å². The Morgan fingerprint density at radius 2 is 2.00 bits per heavy atom. The van der Waals surface area contributed by atoms with Gasteiger partial charge >= 0.3 is 5.97 Å². The van der Waals surface area contributed by atoms with Crippen molar-refractivity contribution in [3.05, 3.63) is 39.7 Å². The molecule has 1 aromatic heterocycles. The quantitative estimate of drug-likeness (QED) is 0.798. The summed E-state index contributed by atoms with van der Waals surface area (Å²) in [4.78, 5) is 13.4. The average molecular weight is 324 g/mol. The Bertz CT molecular complexity index is 686. The maximum absolute atomic E-state index is 12.2. The molecule has 0 unspecified atom stereocenters. The van der Waals surface area contributed by atoms with Crippen LogP contribution in [0.3, 0.4) is 0 Å². The topological polar surface area (TPSA) is 52.3 Å². The molecule has 1 aromatic carbocycles. The summed E-state index contributed by atoms with van der Waals surface area (Å²) in [6.45, 7) is 7.42. The van der Waals surface area contributed by atoms with Gasteiger partial charge in [-0.05, 0) is 39.3 Å². The van der Waals surface area contributed by atoms with Crippen LogP contribution in [0.5, 0.6) is 0 Å². The average Bonchev–Trinajstić information content (AvgIpc) is 2.72. The van der Waals surface area contributed by atoms with Crippen molar-refractivity contribution >= 4 is 34.6 Å². The first-order valence-corrected chi connectivity index (χ1v) is 7.76. The standard InChI is InChI=1S/C16H18ClNO2S/c1-9-6-5-7-10(13(9)17)12-8-11(18)14(21-12)15(19)20-16(2,3)4/h5-8H,18H2,1-4H3. The summed E-state index contributed by atoms with van der Waals surface area (Å²) >= 11 is 7.63. The number of carbonyl (C=O) groups is 1. The van der Waals surface area contributed by atoms with E-state index in [9.17, 15) is 4.79 Å². The summed E-state index contributed by atoms with van der Waals surface area (Å²) in [7, 11) is 0. The summed E-state index contributed by atoms with van der Waals surface area (Å²) in [5.41, 5.74) is 7.69. The zero-order chi connectivity index (χ0) is 15.8. The number of esters is 1. The molecular weight excluding hydrogens is 306 g/mol. The van der Waals surface area contributed by atoms with Crippen LogP contribution in [0.1, 0.15) is 36.0 Å². The summed E-state index contributed by atoms with van der Waals surface area (Å²) < 4.78 is 5.37. The molecule has 0 saturated heterocycles. The number of benzene rings is 1. The van der Waals surface area contributed by atoms with Crippen LogP contribution in [0.4, 0.5) is 5.69 Å². The summed E-state index contributed by atoms with van der Waals surface area (Å²) in [5, 5.41) is 0.675. The van der Waals surface area contributed by atoms with Gasteiger partial charge in [0.2, 0.25) is 0 Å². The smallest absolute Gasteiger partial charge is 0.350 e. The van der Waals surface area contributed by atoms with Gasteiger partial charge in [-0.1, -0.05) is 29.8 Å². The summed E-state index contributed by atoms with van der Waals surface area (Å²) in [6.07, 6.45) is 0. The number of nitrogens with two attached hydrogens (primary N) is 1. The SMILES string of the molecule is Cc1cccc(-c2cc(N)c(C(=O)OC(C)(C)C)s2)c1Cl. The number of hydrogen-bond donors (Lipinski definition) is 1. The Morgan fingerprint density at radius 3 is 2.62 bits per heavy atom. The molecule has 112 valence electrons. The van der Waals surface area contributed by atoms with Gasteiger partial charge in [0.25, 0.3) is 0 Å². The number of anilines is 1. The molecule has 2 rings (SSSR count). The largest absolute Gasteiger partial charge is 0.456 e. The van der Waals surface area contributed by atoms with Crippen LogP contribution in [-0.4, -0.2) is 11.6 Å². The van der Waals surface area contributed by atoms with Gasteiger partial charge in [-0.25, -0.2) is 4.79 Å². The fourth-order valence-electron chi connectivity index (χ4n) is 1.86. The van der Waals surface area contributed by atoms with E-state index in [1.807, 2.05) is 45.9 Å². The Labute approximate surface area is 133 Å². The third-order valence-electron chi connectivity index (χ3n) is 2.80. The fraction of sp³-hybridized carbons (Fsp3) is 0.312.